The van der Waals surface area contributed by atoms with Crippen LogP contribution < -0.4 is 19.5 Å². The van der Waals surface area contributed by atoms with Crippen LogP contribution in [0.2, 0.25) is 0 Å². The molecule has 2 N–H and O–H groups in total. The summed E-state index contributed by atoms with van der Waals surface area (Å²) in [7, 11) is -0.436. The summed E-state index contributed by atoms with van der Waals surface area (Å²) >= 11 is 0. The average molecular weight is 491 g/mol. The van der Waals surface area contributed by atoms with Gasteiger partial charge in [-0.15, -0.1) is 0 Å². The van der Waals surface area contributed by atoms with Crippen LogP contribution in [-0.2, 0) is 10.0 Å². The van der Waals surface area contributed by atoms with Crippen LogP contribution in [0.1, 0.15) is 40.6 Å². The molecule has 0 saturated carbocycles. The number of fused-ring (bicyclic) bond motifs is 3. The highest BCUT2D eigenvalue weighted by atomic mass is 32.2. The van der Waals surface area contributed by atoms with Gasteiger partial charge in [-0.1, -0.05) is 30.4 Å². The van der Waals surface area contributed by atoms with E-state index in [0.717, 1.165) is 40.1 Å². The Bertz CT molecular complexity index is 1410. The van der Waals surface area contributed by atoms with Gasteiger partial charge in [-0.25, -0.2) is 8.42 Å². The van der Waals surface area contributed by atoms with Gasteiger partial charge in [0.05, 0.1) is 25.2 Å². The van der Waals surface area contributed by atoms with Gasteiger partial charge in [-0.05, 0) is 79.3 Å². The third-order valence-electron chi connectivity index (χ3n) is 7.17. The lowest BCUT2D eigenvalue weighted by atomic mass is 9.77. The van der Waals surface area contributed by atoms with E-state index in [0.29, 0.717) is 11.4 Å². The van der Waals surface area contributed by atoms with Gasteiger partial charge in [0.15, 0.2) is 11.5 Å². The Kier molecular flexibility index (Phi) is 5.97. The molecule has 6 nitrogen and oxygen atoms in total. The van der Waals surface area contributed by atoms with Crippen LogP contribution in [0.4, 0.5) is 11.4 Å². The van der Waals surface area contributed by atoms with Gasteiger partial charge in [0.2, 0.25) is 0 Å². The molecule has 3 aromatic carbocycles. The summed E-state index contributed by atoms with van der Waals surface area (Å²) in [5.41, 5.74) is 5.67. The number of methoxy groups -OCH3 is 2. The third-order valence-corrected chi connectivity index (χ3v) is 8.55. The van der Waals surface area contributed by atoms with Crippen LogP contribution in [-0.4, -0.2) is 22.6 Å². The van der Waals surface area contributed by atoms with Crippen molar-refractivity contribution in [1.82, 2.24) is 0 Å². The number of aryl methyl sites for hydroxylation is 2. The van der Waals surface area contributed by atoms with Crippen LogP contribution >= 0.6 is 0 Å². The molecule has 0 radical (unpaired) electrons. The molecule has 182 valence electrons. The summed E-state index contributed by atoms with van der Waals surface area (Å²) in [5.74, 6) is 1.75. The van der Waals surface area contributed by atoms with Crippen molar-refractivity contribution in [3.63, 3.8) is 0 Å². The Hall–Kier alpha value is -3.45. The lowest BCUT2D eigenvalue weighted by Crippen LogP contribution is -2.29. The van der Waals surface area contributed by atoms with Crippen molar-refractivity contribution in [3.8, 4) is 11.5 Å². The smallest absolute Gasteiger partial charge is 0.261 e. The maximum absolute atomic E-state index is 13.2. The van der Waals surface area contributed by atoms with Gasteiger partial charge in [0, 0.05) is 22.9 Å². The number of hydrogen-bond acceptors (Lipinski definition) is 5. The fourth-order valence-corrected chi connectivity index (χ4v) is 6.31. The van der Waals surface area contributed by atoms with Crippen molar-refractivity contribution in [2.24, 2.45) is 5.92 Å². The van der Waals surface area contributed by atoms with E-state index in [1.165, 1.54) is 0 Å². The minimum Gasteiger partial charge on any atom is -0.493 e. The number of anilines is 2. The molecule has 1 heterocycles. The topological polar surface area (TPSA) is 76.7 Å². The molecule has 0 spiro atoms. The van der Waals surface area contributed by atoms with E-state index in [9.17, 15) is 8.42 Å². The first-order chi connectivity index (χ1) is 16.8. The van der Waals surface area contributed by atoms with E-state index >= 15 is 0 Å². The van der Waals surface area contributed by atoms with E-state index in [2.05, 4.69) is 28.3 Å². The zero-order valence-corrected chi connectivity index (χ0v) is 21.1. The Morgan fingerprint density at radius 3 is 2.51 bits per heavy atom. The van der Waals surface area contributed by atoms with Crippen molar-refractivity contribution in [2.45, 2.75) is 37.1 Å². The molecule has 0 bridgehead atoms. The van der Waals surface area contributed by atoms with Crippen molar-refractivity contribution < 1.29 is 17.9 Å². The summed E-state index contributed by atoms with van der Waals surface area (Å²) in [6.45, 7) is 3.97. The second-order valence-electron chi connectivity index (χ2n) is 9.21. The maximum Gasteiger partial charge on any atom is 0.261 e. The van der Waals surface area contributed by atoms with Gasteiger partial charge < -0.3 is 14.8 Å². The Labute approximate surface area is 207 Å². The summed E-state index contributed by atoms with van der Waals surface area (Å²) < 4.78 is 40.4. The molecule has 0 saturated heterocycles. The van der Waals surface area contributed by atoms with Crippen LogP contribution in [0.25, 0.3) is 0 Å². The van der Waals surface area contributed by atoms with Crippen molar-refractivity contribution in [1.29, 1.82) is 0 Å². The zero-order chi connectivity index (χ0) is 24.7. The van der Waals surface area contributed by atoms with Crippen molar-refractivity contribution in [2.75, 3.05) is 24.3 Å². The maximum atomic E-state index is 13.2. The highest BCUT2D eigenvalue weighted by molar-refractivity contribution is 7.92. The van der Waals surface area contributed by atoms with Gasteiger partial charge in [-0.2, -0.15) is 0 Å². The van der Waals surface area contributed by atoms with Crippen LogP contribution in [0, 0.1) is 19.8 Å². The molecule has 0 aromatic heterocycles. The Morgan fingerprint density at radius 1 is 0.943 bits per heavy atom. The zero-order valence-electron chi connectivity index (χ0n) is 20.3. The summed E-state index contributed by atoms with van der Waals surface area (Å²) in [5, 5.41) is 3.66. The Balaban J connectivity index is 1.50. The minimum absolute atomic E-state index is 0.00339. The predicted molar refractivity (Wildman–Crippen MR) is 139 cm³/mol. The molecular weight excluding hydrogens is 460 g/mol. The van der Waals surface area contributed by atoms with Gasteiger partial charge >= 0.3 is 0 Å². The second-order valence-corrected chi connectivity index (χ2v) is 10.9. The number of hydrogen-bond donors (Lipinski definition) is 2. The molecule has 35 heavy (non-hydrogen) atoms. The molecule has 2 aliphatic rings. The average Bonchev–Trinajstić information content (AvgIpc) is 3.35. The van der Waals surface area contributed by atoms with Gasteiger partial charge in [-0.3, -0.25) is 4.72 Å². The number of rotatable bonds is 6. The number of nitrogens with one attached hydrogen (secondary N) is 2. The fourth-order valence-electron chi connectivity index (χ4n) is 5.22. The minimum atomic E-state index is -3.73. The molecule has 3 atom stereocenters. The highest BCUT2D eigenvalue weighted by Gasteiger charge is 2.40. The molecule has 1 aliphatic heterocycles. The number of benzene rings is 3. The highest BCUT2D eigenvalue weighted by Crippen LogP contribution is 2.52. The first-order valence-corrected chi connectivity index (χ1v) is 13.2. The predicted octanol–water partition coefficient (Wildman–Crippen LogP) is 5.95. The lowest BCUT2D eigenvalue weighted by Gasteiger charge is -2.38. The number of sulfonamides is 1. The summed E-state index contributed by atoms with van der Waals surface area (Å²) in [4.78, 5) is 0.257. The summed E-state index contributed by atoms with van der Waals surface area (Å²) in [6, 6.07) is 16.8. The largest absolute Gasteiger partial charge is 0.493 e. The quantitative estimate of drug-likeness (QED) is 0.418. The van der Waals surface area contributed by atoms with Crippen LogP contribution in [0.15, 0.2) is 71.6 Å². The molecule has 1 aliphatic carbocycles. The van der Waals surface area contributed by atoms with Crippen molar-refractivity contribution in [3.05, 3.63) is 89.0 Å². The molecular formula is C28H30N2O4S. The van der Waals surface area contributed by atoms with E-state index in [4.69, 9.17) is 9.47 Å². The van der Waals surface area contributed by atoms with E-state index in [1.807, 2.05) is 44.2 Å². The third kappa shape index (κ3) is 4.14. The van der Waals surface area contributed by atoms with Gasteiger partial charge in [0.25, 0.3) is 10.0 Å². The molecule has 2 unspecified atom stereocenters. The first-order valence-electron chi connectivity index (χ1n) is 11.7. The van der Waals surface area contributed by atoms with E-state index in [1.54, 1.807) is 32.4 Å². The number of allylic oxidation sites excluding steroid dienone is 2. The second kappa shape index (κ2) is 8.96. The molecule has 0 amide bonds. The fraction of sp³-hybridized carbons (Fsp3) is 0.286. The number of ether oxygens (including phenoxy) is 2. The molecule has 0 fully saturated rings. The van der Waals surface area contributed by atoms with Crippen LogP contribution in [0.3, 0.4) is 0 Å². The van der Waals surface area contributed by atoms with Crippen molar-refractivity contribution >= 4 is 21.4 Å². The molecule has 5 rings (SSSR count). The van der Waals surface area contributed by atoms with E-state index < -0.39 is 10.0 Å². The summed E-state index contributed by atoms with van der Waals surface area (Å²) in [6.07, 6.45) is 5.26. The monoisotopic (exact) mass is 490 g/mol. The number of para-hydroxylation sites is 1. The molecule has 7 heteroatoms. The normalized spacial score (nSPS) is 20.5. The van der Waals surface area contributed by atoms with Gasteiger partial charge in [0.1, 0.15) is 0 Å². The van der Waals surface area contributed by atoms with E-state index in [-0.39, 0.29) is 22.8 Å². The SMILES string of the molecule is COc1cccc([C@H]2Nc3ccc(S(=O)(=O)Nc4ccc(C)c(C)c4)cc3C3C=CCC32)c1OC. The first kappa shape index (κ1) is 23.3. The van der Waals surface area contributed by atoms with Crippen LogP contribution in [0.5, 0.6) is 11.5 Å². The molecule has 3 aromatic rings. The lowest BCUT2D eigenvalue weighted by molar-refractivity contribution is 0.341. The Morgan fingerprint density at radius 2 is 1.77 bits per heavy atom. The standard InChI is InChI=1S/C28H30N2O4S/c1-17-11-12-19(15-18(17)2)30-35(31,32)20-13-14-25-24(16-20)21-7-5-8-22(21)27(29-25)23-9-6-10-26(33-3)28(23)34-4/h5-7,9-16,21-22,27,29-30H,8H2,1-4H3/t21?,22?,27-/m0/s1.